The second-order valence-corrected chi connectivity index (χ2v) is 9.31. The van der Waals surface area contributed by atoms with E-state index in [0.717, 1.165) is 4.90 Å². The first-order valence-electron chi connectivity index (χ1n) is 11.0. The van der Waals surface area contributed by atoms with E-state index >= 15 is 0 Å². The highest BCUT2D eigenvalue weighted by Gasteiger charge is 2.35. The van der Waals surface area contributed by atoms with E-state index in [4.69, 9.17) is 21.1 Å². The number of urea groups is 1. The van der Waals surface area contributed by atoms with Crippen molar-refractivity contribution in [1.82, 2.24) is 5.32 Å². The van der Waals surface area contributed by atoms with Gasteiger partial charge >= 0.3 is 6.03 Å². The summed E-state index contributed by atoms with van der Waals surface area (Å²) in [5, 5.41) is 5.60. The van der Waals surface area contributed by atoms with Crippen molar-refractivity contribution in [3.63, 3.8) is 0 Å². The van der Waals surface area contributed by atoms with E-state index in [1.54, 1.807) is 37.3 Å². The number of nitrogens with zero attached hydrogens (tertiary/aromatic N) is 1. The molecule has 0 radical (unpaired) electrons. The highest BCUT2D eigenvalue weighted by molar-refractivity contribution is 14.1. The molecule has 0 aromatic heterocycles. The minimum atomic E-state index is -0.592. The molecule has 1 heterocycles. The molecule has 190 valence electrons. The minimum Gasteiger partial charge on any atom is -0.490 e. The van der Waals surface area contributed by atoms with Crippen LogP contribution in [0.2, 0.25) is 5.02 Å². The van der Waals surface area contributed by atoms with E-state index in [0.29, 0.717) is 43.6 Å². The topological polar surface area (TPSA) is 97.0 Å². The molecule has 1 aliphatic rings. The van der Waals surface area contributed by atoms with Crippen LogP contribution in [-0.2, 0) is 9.59 Å². The molecule has 2 N–H and O–H groups in total. The lowest BCUT2D eigenvalue weighted by Gasteiger charge is -2.15. The number of rotatable bonds is 8. The van der Waals surface area contributed by atoms with Gasteiger partial charge in [-0.1, -0.05) is 17.7 Å². The van der Waals surface area contributed by atoms with E-state index in [-0.39, 0.29) is 12.3 Å². The third-order valence-electron chi connectivity index (χ3n) is 5.06. The standard InChI is InChI=1S/C26H20ClFIN3O5/c1-2-36-22-12-15(11-21-25(34)32(26(35)31-21)19-5-3-4-16(27)13-19)10-20(29)24(22)37-14-23(33)30-18-8-6-17(28)7-9-18/h3-13H,2,14H2,1H3,(H,30,33)(H,31,35)/b21-11+. The van der Waals surface area contributed by atoms with Crippen molar-refractivity contribution < 1.29 is 28.2 Å². The van der Waals surface area contributed by atoms with Gasteiger partial charge in [-0.25, -0.2) is 14.1 Å². The van der Waals surface area contributed by atoms with E-state index in [9.17, 15) is 18.8 Å². The number of carbonyl (C=O) groups excluding carboxylic acids is 3. The molecule has 1 fully saturated rings. The Hall–Kier alpha value is -3.64. The number of imide groups is 1. The van der Waals surface area contributed by atoms with Crippen LogP contribution in [0.15, 0.2) is 66.4 Å². The van der Waals surface area contributed by atoms with Gasteiger partial charge in [-0.2, -0.15) is 0 Å². The summed E-state index contributed by atoms with van der Waals surface area (Å²) in [6, 6.07) is 14.6. The molecule has 0 atom stereocenters. The number of benzene rings is 3. The SMILES string of the molecule is CCOc1cc(/C=C2/NC(=O)N(c3cccc(Cl)c3)C2=O)cc(I)c1OCC(=O)Nc1ccc(F)cc1. The van der Waals surface area contributed by atoms with Gasteiger partial charge in [0.15, 0.2) is 18.1 Å². The zero-order chi connectivity index (χ0) is 26.5. The average Bonchev–Trinajstić information content (AvgIpc) is 3.12. The maximum atomic E-state index is 13.1. The largest absolute Gasteiger partial charge is 0.490 e. The highest BCUT2D eigenvalue weighted by atomic mass is 127. The Bertz CT molecular complexity index is 1400. The number of anilines is 2. The molecule has 8 nitrogen and oxygen atoms in total. The van der Waals surface area contributed by atoms with Gasteiger partial charge in [0.2, 0.25) is 0 Å². The Kier molecular flexibility index (Phi) is 8.29. The Morgan fingerprint density at radius 3 is 2.59 bits per heavy atom. The normalized spacial score (nSPS) is 14.1. The summed E-state index contributed by atoms with van der Waals surface area (Å²) in [5.74, 6) is -0.661. The Labute approximate surface area is 230 Å². The van der Waals surface area contributed by atoms with E-state index in [1.165, 1.54) is 36.4 Å². The lowest BCUT2D eigenvalue weighted by atomic mass is 10.1. The molecule has 0 unspecified atom stereocenters. The molecule has 37 heavy (non-hydrogen) atoms. The van der Waals surface area contributed by atoms with E-state index in [1.807, 2.05) is 22.6 Å². The summed E-state index contributed by atoms with van der Waals surface area (Å²) in [7, 11) is 0. The van der Waals surface area contributed by atoms with Crippen LogP contribution < -0.4 is 25.0 Å². The van der Waals surface area contributed by atoms with Crippen molar-refractivity contribution >= 4 is 69.5 Å². The van der Waals surface area contributed by atoms with Gasteiger partial charge in [-0.05, 0) is 95.8 Å². The molecule has 0 saturated carbocycles. The monoisotopic (exact) mass is 635 g/mol. The van der Waals surface area contributed by atoms with Crippen molar-refractivity contribution in [1.29, 1.82) is 0 Å². The predicted molar refractivity (Wildman–Crippen MR) is 146 cm³/mol. The summed E-state index contributed by atoms with van der Waals surface area (Å²) in [6.45, 7) is 1.82. The summed E-state index contributed by atoms with van der Waals surface area (Å²) < 4.78 is 25.1. The van der Waals surface area contributed by atoms with Crippen LogP contribution in [0, 0.1) is 9.39 Å². The molecule has 1 saturated heterocycles. The Balaban J connectivity index is 1.52. The maximum absolute atomic E-state index is 13.1. The second kappa shape index (κ2) is 11.6. The average molecular weight is 636 g/mol. The molecular weight excluding hydrogens is 616 g/mol. The number of halogens is 3. The number of hydrogen-bond acceptors (Lipinski definition) is 5. The van der Waals surface area contributed by atoms with Crippen molar-refractivity contribution in [3.8, 4) is 11.5 Å². The Morgan fingerprint density at radius 2 is 1.89 bits per heavy atom. The zero-order valence-electron chi connectivity index (χ0n) is 19.4. The van der Waals surface area contributed by atoms with Crippen LogP contribution in [0.4, 0.5) is 20.6 Å². The second-order valence-electron chi connectivity index (χ2n) is 7.72. The first kappa shape index (κ1) is 26.4. The van der Waals surface area contributed by atoms with Crippen LogP contribution in [0.25, 0.3) is 6.08 Å². The smallest absolute Gasteiger partial charge is 0.333 e. The van der Waals surface area contributed by atoms with Gasteiger partial charge < -0.3 is 20.1 Å². The quantitative estimate of drug-likeness (QED) is 0.191. The van der Waals surface area contributed by atoms with Crippen LogP contribution >= 0.6 is 34.2 Å². The van der Waals surface area contributed by atoms with Gasteiger partial charge in [0, 0.05) is 10.7 Å². The van der Waals surface area contributed by atoms with Crippen LogP contribution in [-0.4, -0.2) is 31.1 Å². The highest BCUT2D eigenvalue weighted by Crippen LogP contribution is 2.35. The molecule has 3 aromatic rings. The summed E-state index contributed by atoms with van der Waals surface area (Å²) >= 11 is 8.04. The van der Waals surface area contributed by atoms with Gasteiger partial charge in [0.05, 0.1) is 15.9 Å². The van der Waals surface area contributed by atoms with Crippen molar-refractivity contribution in [3.05, 3.63) is 86.3 Å². The minimum absolute atomic E-state index is 0.0792. The molecule has 4 rings (SSSR count). The first-order valence-corrected chi connectivity index (χ1v) is 12.5. The third-order valence-corrected chi connectivity index (χ3v) is 6.10. The van der Waals surface area contributed by atoms with Crippen molar-refractivity contribution in [2.45, 2.75) is 6.92 Å². The molecule has 0 spiro atoms. The van der Waals surface area contributed by atoms with E-state index < -0.39 is 23.7 Å². The van der Waals surface area contributed by atoms with E-state index in [2.05, 4.69) is 10.6 Å². The molecule has 1 aliphatic heterocycles. The molecule has 4 amide bonds. The van der Waals surface area contributed by atoms with Gasteiger partial charge in [-0.15, -0.1) is 0 Å². The van der Waals surface area contributed by atoms with Crippen LogP contribution in [0.5, 0.6) is 11.5 Å². The molecule has 0 aliphatic carbocycles. The molecular formula is C26H20ClFIN3O5. The maximum Gasteiger partial charge on any atom is 0.333 e. The van der Waals surface area contributed by atoms with Gasteiger partial charge in [-0.3, -0.25) is 9.59 Å². The number of amides is 4. The summed E-state index contributed by atoms with van der Waals surface area (Å²) in [6.07, 6.45) is 1.53. The first-order chi connectivity index (χ1) is 17.7. The predicted octanol–water partition coefficient (Wildman–Crippen LogP) is 5.60. The fourth-order valence-electron chi connectivity index (χ4n) is 3.49. The molecule has 0 bridgehead atoms. The number of ether oxygens (including phenoxy) is 2. The summed E-state index contributed by atoms with van der Waals surface area (Å²) in [5.41, 5.74) is 1.44. The number of carbonyl (C=O) groups is 3. The number of hydrogen-bond donors (Lipinski definition) is 2. The van der Waals surface area contributed by atoms with Crippen LogP contribution in [0.1, 0.15) is 12.5 Å². The van der Waals surface area contributed by atoms with Crippen molar-refractivity contribution in [2.75, 3.05) is 23.4 Å². The molecule has 11 heteroatoms. The van der Waals surface area contributed by atoms with Crippen LogP contribution in [0.3, 0.4) is 0 Å². The summed E-state index contributed by atoms with van der Waals surface area (Å²) in [4.78, 5) is 38.8. The van der Waals surface area contributed by atoms with Gasteiger partial charge in [0.25, 0.3) is 11.8 Å². The Morgan fingerprint density at radius 1 is 1.14 bits per heavy atom. The third kappa shape index (κ3) is 6.38. The zero-order valence-corrected chi connectivity index (χ0v) is 22.3. The fourth-order valence-corrected chi connectivity index (χ4v) is 4.46. The lowest BCUT2D eigenvalue weighted by molar-refractivity contribution is -0.118. The lowest BCUT2D eigenvalue weighted by Crippen LogP contribution is -2.30. The molecule has 3 aromatic carbocycles. The number of nitrogens with one attached hydrogen (secondary N) is 2. The van der Waals surface area contributed by atoms with Crippen molar-refractivity contribution in [2.24, 2.45) is 0 Å². The fraction of sp³-hybridized carbons (Fsp3) is 0.115. The van der Waals surface area contributed by atoms with Gasteiger partial charge in [0.1, 0.15) is 11.5 Å².